The van der Waals surface area contributed by atoms with Crippen molar-refractivity contribution in [1.29, 1.82) is 0 Å². The lowest BCUT2D eigenvalue weighted by Gasteiger charge is -2.13. The predicted octanol–water partition coefficient (Wildman–Crippen LogP) is 3.20. The Bertz CT molecular complexity index is 866. The predicted molar refractivity (Wildman–Crippen MR) is 80.1 cm³/mol. The Kier molecular flexibility index (Phi) is 3.22. The fourth-order valence-electron chi connectivity index (χ4n) is 2.55. The maximum absolute atomic E-state index is 13.0. The molecule has 2 aromatic carbocycles. The summed E-state index contributed by atoms with van der Waals surface area (Å²) in [5, 5.41) is 10.7. The molecule has 0 atom stereocenters. The third kappa shape index (κ3) is 2.40. The molecule has 3 rings (SSSR count). The quantitative estimate of drug-likeness (QED) is 0.784. The number of rotatable bonds is 2. The van der Waals surface area contributed by atoms with Crippen LogP contribution in [0.2, 0.25) is 0 Å². The molecule has 1 aromatic heterocycles. The summed E-state index contributed by atoms with van der Waals surface area (Å²) in [6, 6.07) is 12.6. The number of aromatic hydroxyl groups is 1. The van der Waals surface area contributed by atoms with E-state index in [2.05, 4.69) is 0 Å². The third-order valence-electron chi connectivity index (χ3n) is 3.57. The molecule has 4 heteroatoms. The van der Waals surface area contributed by atoms with Crippen LogP contribution < -0.4 is 5.56 Å². The van der Waals surface area contributed by atoms with E-state index in [4.69, 9.17) is 0 Å². The normalized spacial score (nSPS) is 11.0. The van der Waals surface area contributed by atoms with Crippen molar-refractivity contribution in [1.82, 2.24) is 4.57 Å². The standard InChI is InChI=1S/C17H14FNO2/c1-11-9-16(21)19(10-12-5-7-13(18)8-6-12)14-3-2-4-15(20)17(11)14/h2-9,20H,10H2,1H3. The number of pyridine rings is 1. The fraction of sp³-hybridized carbons (Fsp3) is 0.118. The monoisotopic (exact) mass is 283 g/mol. The van der Waals surface area contributed by atoms with Gasteiger partial charge in [-0.05, 0) is 42.3 Å². The zero-order valence-electron chi connectivity index (χ0n) is 11.5. The molecule has 0 fully saturated rings. The molecular formula is C17H14FNO2. The van der Waals surface area contributed by atoms with Gasteiger partial charge >= 0.3 is 0 Å². The van der Waals surface area contributed by atoms with E-state index in [1.54, 1.807) is 41.8 Å². The van der Waals surface area contributed by atoms with Crippen molar-refractivity contribution in [3.05, 3.63) is 75.8 Å². The summed E-state index contributed by atoms with van der Waals surface area (Å²) in [7, 11) is 0. The summed E-state index contributed by atoms with van der Waals surface area (Å²) in [4.78, 5) is 12.2. The van der Waals surface area contributed by atoms with Crippen LogP contribution >= 0.6 is 0 Å². The maximum atomic E-state index is 13.0. The first kappa shape index (κ1) is 13.4. The van der Waals surface area contributed by atoms with E-state index < -0.39 is 0 Å². The second kappa shape index (κ2) is 5.05. The van der Waals surface area contributed by atoms with Crippen molar-refractivity contribution in [2.45, 2.75) is 13.5 Å². The number of aromatic nitrogens is 1. The Morgan fingerprint density at radius 1 is 1.14 bits per heavy atom. The van der Waals surface area contributed by atoms with Gasteiger partial charge in [0, 0.05) is 11.5 Å². The van der Waals surface area contributed by atoms with E-state index in [-0.39, 0.29) is 17.1 Å². The first-order valence-electron chi connectivity index (χ1n) is 6.63. The molecule has 0 aliphatic rings. The van der Waals surface area contributed by atoms with Crippen LogP contribution in [0.15, 0.2) is 53.3 Å². The smallest absolute Gasteiger partial charge is 0.251 e. The van der Waals surface area contributed by atoms with E-state index in [0.29, 0.717) is 17.4 Å². The van der Waals surface area contributed by atoms with Gasteiger partial charge in [-0.25, -0.2) is 4.39 Å². The second-order valence-electron chi connectivity index (χ2n) is 5.05. The minimum atomic E-state index is -0.308. The number of fused-ring (bicyclic) bond motifs is 1. The summed E-state index contributed by atoms with van der Waals surface area (Å²) in [6.45, 7) is 2.13. The molecule has 0 bridgehead atoms. The summed E-state index contributed by atoms with van der Waals surface area (Å²) in [5.74, 6) is -0.157. The second-order valence-corrected chi connectivity index (χ2v) is 5.05. The number of nitrogens with zero attached hydrogens (tertiary/aromatic N) is 1. The van der Waals surface area contributed by atoms with Gasteiger partial charge in [0.1, 0.15) is 11.6 Å². The Hall–Kier alpha value is -2.62. The van der Waals surface area contributed by atoms with Gasteiger partial charge in [0.15, 0.2) is 0 Å². The highest BCUT2D eigenvalue weighted by Crippen LogP contribution is 2.26. The molecular weight excluding hydrogens is 269 g/mol. The number of halogens is 1. The number of phenolic OH excluding ortho intramolecular Hbond substituents is 1. The molecule has 3 nitrogen and oxygen atoms in total. The molecule has 3 aromatic rings. The summed E-state index contributed by atoms with van der Waals surface area (Å²) in [5.41, 5.74) is 2.09. The number of hydrogen-bond acceptors (Lipinski definition) is 2. The molecule has 0 spiro atoms. The molecule has 0 radical (unpaired) electrons. The summed E-state index contributed by atoms with van der Waals surface area (Å²) >= 11 is 0. The van der Waals surface area contributed by atoms with E-state index in [1.165, 1.54) is 18.2 Å². The van der Waals surface area contributed by atoms with Crippen molar-refractivity contribution < 1.29 is 9.50 Å². The van der Waals surface area contributed by atoms with Crippen molar-refractivity contribution in [3.8, 4) is 5.75 Å². The minimum Gasteiger partial charge on any atom is -0.507 e. The molecule has 0 unspecified atom stereocenters. The van der Waals surface area contributed by atoms with Gasteiger partial charge in [-0.3, -0.25) is 4.79 Å². The number of benzene rings is 2. The molecule has 0 aliphatic heterocycles. The maximum Gasteiger partial charge on any atom is 0.251 e. The topological polar surface area (TPSA) is 42.2 Å². The molecule has 0 amide bonds. The Morgan fingerprint density at radius 3 is 2.57 bits per heavy atom. The molecule has 0 aliphatic carbocycles. The molecule has 0 saturated carbocycles. The number of phenols is 1. The highest BCUT2D eigenvalue weighted by Gasteiger charge is 2.10. The van der Waals surface area contributed by atoms with Gasteiger partial charge in [-0.15, -0.1) is 0 Å². The van der Waals surface area contributed by atoms with E-state index >= 15 is 0 Å². The highest BCUT2D eigenvalue weighted by molar-refractivity contribution is 5.88. The average Bonchev–Trinajstić information content (AvgIpc) is 2.45. The lowest BCUT2D eigenvalue weighted by molar-refractivity contribution is 0.481. The third-order valence-corrected chi connectivity index (χ3v) is 3.57. The minimum absolute atomic E-state index is 0.144. The van der Waals surface area contributed by atoms with Crippen LogP contribution in [0.4, 0.5) is 4.39 Å². The van der Waals surface area contributed by atoms with Crippen LogP contribution in [-0.4, -0.2) is 9.67 Å². The van der Waals surface area contributed by atoms with E-state index in [1.807, 2.05) is 0 Å². The van der Waals surface area contributed by atoms with Gasteiger partial charge in [0.05, 0.1) is 12.1 Å². The average molecular weight is 283 g/mol. The zero-order chi connectivity index (χ0) is 15.0. The van der Waals surface area contributed by atoms with Crippen LogP contribution in [0.5, 0.6) is 5.75 Å². The van der Waals surface area contributed by atoms with Crippen molar-refractivity contribution >= 4 is 10.9 Å². The fourth-order valence-corrected chi connectivity index (χ4v) is 2.55. The van der Waals surface area contributed by atoms with E-state index in [0.717, 1.165) is 11.1 Å². The zero-order valence-corrected chi connectivity index (χ0v) is 11.5. The van der Waals surface area contributed by atoms with Crippen LogP contribution in [0.25, 0.3) is 10.9 Å². The number of hydrogen-bond donors (Lipinski definition) is 1. The van der Waals surface area contributed by atoms with E-state index in [9.17, 15) is 14.3 Å². The van der Waals surface area contributed by atoms with Gasteiger partial charge in [-0.2, -0.15) is 0 Å². The Labute approximate surface area is 120 Å². The van der Waals surface area contributed by atoms with Crippen molar-refractivity contribution in [2.24, 2.45) is 0 Å². The molecule has 21 heavy (non-hydrogen) atoms. The van der Waals surface area contributed by atoms with Crippen LogP contribution in [0.1, 0.15) is 11.1 Å². The molecule has 1 heterocycles. The van der Waals surface area contributed by atoms with Crippen LogP contribution in [0, 0.1) is 12.7 Å². The lowest BCUT2D eigenvalue weighted by Crippen LogP contribution is -2.21. The van der Waals surface area contributed by atoms with Crippen LogP contribution in [0.3, 0.4) is 0 Å². The first-order chi connectivity index (χ1) is 10.1. The summed E-state index contributed by atoms with van der Waals surface area (Å²) in [6.07, 6.45) is 0. The Balaban J connectivity index is 2.20. The summed E-state index contributed by atoms with van der Waals surface area (Å²) < 4.78 is 14.5. The van der Waals surface area contributed by atoms with Gasteiger partial charge in [-0.1, -0.05) is 18.2 Å². The Morgan fingerprint density at radius 2 is 1.86 bits per heavy atom. The highest BCUT2D eigenvalue weighted by atomic mass is 19.1. The number of aryl methyl sites for hydroxylation is 1. The van der Waals surface area contributed by atoms with Crippen molar-refractivity contribution in [3.63, 3.8) is 0 Å². The molecule has 1 N–H and O–H groups in total. The molecule has 0 saturated heterocycles. The van der Waals surface area contributed by atoms with Gasteiger partial charge in [0.2, 0.25) is 0 Å². The lowest BCUT2D eigenvalue weighted by atomic mass is 10.1. The largest absolute Gasteiger partial charge is 0.507 e. The van der Waals surface area contributed by atoms with Gasteiger partial charge in [0.25, 0.3) is 5.56 Å². The van der Waals surface area contributed by atoms with Crippen molar-refractivity contribution in [2.75, 3.05) is 0 Å². The molecule has 106 valence electrons. The first-order valence-corrected chi connectivity index (χ1v) is 6.63. The van der Waals surface area contributed by atoms with Crippen LogP contribution in [-0.2, 0) is 6.54 Å². The SMILES string of the molecule is Cc1cc(=O)n(Cc2ccc(F)cc2)c2cccc(O)c12. The van der Waals surface area contributed by atoms with Gasteiger partial charge < -0.3 is 9.67 Å².